The second-order valence-corrected chi connectivity index (χ2v) is 6.15. The number of anilines is 2. The number of rotatable bonds is 4. The van der Waals surface area contributed by atoms with Crippen molar-refractivity contribution in [3.63, 3.8) is 0 Å². The molecule has 0 bridgehead atoms. The number of fused-ring (bicyclic) bond motifs is 1. The molecule has 0 atom stereocenters. The van der Waals surface area contributed by atoms with E-state index in [-0.39, 0.29) is 0 Å². The van der Waals surface area contributed by atoms with Gasteiger partial charge in [0.2, 0.25) is 5.95 Å². The molecular formula is C17H17ClN6O. The highest BCUT2D eigenvalue weighted by Crippen LogP contribution is 2.21. The number of nitrogens with one attached hydrogen (secondary N) is 1. The fourth-order valence-corrected chi connectivity index (χ4v) is 2.94. The van der Waals surface area contributed by atoms with E-state index < -0.39 is 0 Å². The third kappa shape index (κ3) is 3.62. The predicted molar refractivity (Wildman–Crippen MR) is 96.9 cm³/mol. The van der Waals surface area contributed by atoms with Gasteiger partial charge in [0, 0.05) is 24.7 Å². The molecule has 7 nitrogen and oxygen atoms in total. The maximum absolute atomic E-state index is 6.04. The molecule has 1 aliphatic heterocycles. The summed E-state index contributed by atoms with van der Waals surface area (Å²) in [4.78, 5) is 19.8. The first-order valence-electron chi connectivity index (χ1n) is 8.08. The number of benzene rings is 1. The van der Waals surface area contributed by atoms with Crippen molar-refractivity contribution in [2.45, 2.75) is 6.54 Å². The van der Waals surface area contributed by atoms with Crippen molar-refractivity contribution in [3.05, 3.63) is 47.4 Å². The van der Waals surface area contributed by atoms with Crippen LogP contribution in [0.3, 0.4) is 0 Å². The second-order valence-electron chi connectivity index (χ2n) is 5.71. The smallest absolute Gasteiger partial charge is 0.226 e. The highest BCUT2D eigenvalue weighted by Gasteiger charge is 2.15. The molecule has 1 fully saturated rings. The Balaban J connectivity index is 1.61. The summed E-state index contributed by atoms with van der Waals surface area (Å²) < 4.78 is 5.38. The van der Waals surface area contributed by atoms with Gasteiger partial charge in [-0.1, -0.05) is 23.7 Å². The molecule has 1 aliphatic rings. The Kier molecular flexibility index (Phi) is 4.58. The molecule has 25 heavy (non-hydrogen) atoms. The number of aromatic nitrogens is 4. The van der Waals surface area contributed by atoms with Crippen LogP contribution in [0.15, 0.2) is 36.8 Å². The summed E-state index contributed by atoms with van der Waals surface area (Å²) in [7, 11) is 0. The lowest BCUT2D eigenvalue weighted by atomic mass is 10.2. The summed E-state index contributed by atoms with van der Waals surface area (Å²) in [5.41, 5.74) is 2.49. The molecule has 4 rings (SSSR count). The lowest BCUT2D eigenvalue weighted by Crippen LogP contribution is -2.37. The molecule has 1 N–H and O–H groups in total. The van der Waals surface area contributed by atoms with Gasteiger partial charge in [0.05, 0.1) is 19.4 Å². The molecule has 128 valence electrons. The van der Waals surface area contributed by atoms with Crippen molar-refractivity contribution in [1.82, 2.24) is 19.9 Å². The number of morpholine rings is 1. The zero-order valence-electron chi connectivity index (χ0n) is 13.5. The molecule has 0 radical (unpaired) electrons. The van der Waals surface area contributed by atoms with Crippen LogP contribution >= 0.6 is 11.6 Å². The topological polar surface area (TPSA) is 76.1 Å². The first-order valence-corrected chi connectivity index (χ1v) is 8.46. The van der Waals surface area contributed by atoms with Gasteiger partial charge in [0.15, 0.2) is 5.82 Å². The molecule has 0 unspecified atom stereocenters. The monoisotopic (exact) mass is 356 g/mol. The fourth-order valence-electron chi connectivity index (χ4n) is 2.72. The third-order valence-electron chi connectivity index (χ3n) is 4.01. The number of nitrogens with zero attached hydrogens (tertiary/aromatic N) is 5. The van der Waals surface area contributed by atoms with Gasteiger partial charge in [0.25, 0.3) is 0 Å². The number of halogens is 1. The Morgan fingerprint density at radius 2 is 2.04 bits per heavy atom. The van der Waals surface area contributed by atoms with E-state index in [9.17, 15) is 0 Å². The van der Waals surface area contributed by atoms with E-state index in [1.165, 1.54) is 6.33 Å². The van der Waals surface area contributed by atoms with Crippen LogP contribution in [-0.4, -0.2) is 46.2 Å². The highest BCUT2D eigenvalue weighted by atomic mass is 35.5. The summed E-state index contributed by atoms with van der Waals surface area (Å²) in [5, 5.41) is 4.03. The zero-order chi connectivity index (χ0) is 17.1. The van der Waals surface area contributed by atoms with Gasteiger partial charge in [0.1, 0.15) is 17.4 Å². The van der Waals surface area contributed by atoms with E-state index in [0.29, 0.717) is 47.6 Å². The average Bonchev–Trinajstić information content (AvgIpc) is 2.67. The van der Waals surface area contributed by atoms with Crippen LogP contribution in [0, 0.1) is 0 Å². The SMILES string of the molecule is Clc1cccc(CNc2ncnc3cnc(N4CCOCC4)nc23)c1. The van der Waals surface area contributed by atoms with E-state index in [4.69, 9.17) is 16.3 Å². The van der Waals surface area contributed by atoms with E-state index in [1.807, 2.05) is 24.3 Å². The molecule has 0 aliphatic carbocycles. The largest absolute Gasteiger partial charge is 0.378 e. The van der Waals surface area contributed by atoms with Crippen LogP contribution in [0.5, 0.6) is 0 Å². The minimum atomic E-state index is 0.601. The Morgan fingerprint density at radius 3 is 2.88 bits per heavy atom. The lowest BCUT2D eigenvalue weighted by molar-refractivity contribution is 0.122. The maximum atomic E-state index is 6.04. The van der Waals surface area contributed by atoms with Crippen molar-refractivity contribution in [2.75, 3.05) is 36.5 Å². The predicted octanol–water partition coefficient (Wildman–Crippen LogP) is 2.52. The van der Waals surface area contributed by atoms with Crippen molar-refractivity contribution in [3.8, 4) is 0 Å². The Hall–Kier alpha value is -2.51. The highest BCUT2D eigenvalue weighted by molar-refractivity contribution is 6.30. The normalized spacial score (nSPS) is 14.7. The zero-order valence-corrected chi connectivity index (χ0v) is 14.3. The van der Waals surface area contributed by atoms with Gasteiger partial charge in [-0.3, -0.25) is 0 Å². The summed E-state index contributed by atoms with van der Waals surface area (Å²) in [5.74, 6) is 1.36. The van der Waals surface area contributed by atoms with Crippen LogP contribution in [0.1, 0.15) is 5.56 Å². The molecule has 0 amide bonds. The van der Waals surface area contributed by atoms with Crippen LogP contribution in [0.4, 0.5) is 11.8 Å². The van der Waals surface area contributed by atoms with E-state index in [0.717, 1.165) is 18.7 Å². The minimum absolute atomic E-state index is 0.601. The second kappa shape index (κ2) is 7.16. The van der Waals surface area contributed by atoms with Crippen LogP contribution in [-0.2, 0) is 11.3 Å². The summed E-state index contributed by atoms with van der Waals surface area (Å²) in [6.45, 7) is 3.54. The molecule has 0 saturated carbocycles. The van der Waals surface area contributed by atoms with Crippen molar-refractivity contribution in [1.29, 1.82) is 0 Å². The van der Waals surface area contributed by atoms with Crippen molar-refractivity contribution >= 4 is 34.4 Å². The minimum Gasteiger partial charge on any atom is -0.378 e. The summed E-state index contributed by atoms with van der Waals surface area (Å²) >= 11 is 6.04. The van der Waals surface area contributed by atoms with Crippen LogP contribution in [0.25, 0.3) is 11.0 Å². The van der Waals surface area contributed by atoms with Gasteiger partial charge < -0.3 is 15.0 Å². The van der Waals surface area contributed by atoms with Crippen LogP contribution < -0.4 is 10.2 Å². The molecule has 0 spiro atoms. The quantitative estimate of drug-likeness (QED) is 0.769. The number of ether oxygens (including phenoxy) is 1. The van der Waals surface area contributed by atoms with Crippen molar-refractivity contribution < 1.29 is 4.74 Å². The molecule has 8 heteroatoms. The molecular weight excluding hydrogens is 340 g/mol. The number of hydrogen-bond donors (Lipinski definition) is 1. The van der Waals surface area contributed by atoms with E-state index in [1.54, 1.807) is 6.20 Å². The Morgan fingerprint density at radius 1 is 1.16 bits per heavy atom. The Labute approximate surface area is 150 Å². The maximum Gasteiger partial charge on any atom is 0.226 e. The van der Waals surface area contributed by atoms with Gasteiger partial charge in [-0.25, -0.2) is 19.9 Å². The van der Waals surface area contributed by atoms with E-state index >= 15 is 0 Å². The molecule has 2 aromatic heterocycles. The standard InChI is InChI=1S/C17H17ClN6O/c18-13-3-1-2-12(8-13)9-19-16-15-14(21-11-22-16)10-20-17(23-15)24-4-6-25-7-5-24/h1-3,8,10-11H,4-7,9H2,(H,19,21,22). The summed E-state index contributed by atoms with van der Waals surface area (Å²) in [6, 6.07) is 7.71. The lowest BCUT2D eigenvalue weighted by Gasteiger charge is -2.26. The van der Waals surface area contributed by atoms with Gasteiger partial charge in [-0.2, -0.15) is 0 Å². The molecule has 3 aromatic rings. The fraction of sp³-hybridized carbons (Fsp3) is 0.294. The molecule has 1 aromatic carbocycles. The first kappa shape index (κ1) is 16.0. The Bertz CT molecular complexity index is 884. The number of hydrogen-bond acceptors (Lipinski definition) is 7. The van der Waals surface area contributed by atoms with Crippen LogP contribution in [0.2, 0.25) is 5.02 Å². The van der Waals surface area contributed by atoms with Gasteiger partial charge >= 0.3 is 0 Å². The van der Waals surface area contributed by atoms with Gasteiger partial charge in [-0.05, 0) is 17.7 Å². The summed E-state index contributed by atoms with van der Waals surface area (Å²) in [6.07, 6.45) is 3.25. The van der Waals surface area contributed by atoms with Crippen molar-refractivity contribution in [2.24, 2.45) is 0 Å². The first-order chi connectivity index (χ1) is 12.3. The van der Waals surface area contributed by atoms with Gasteiger partial charge in [-0.15, -0.1) is 0 Å². The third-order valence-corrected chi connectivity index (χ3v) is 4.24. The average molecular weight is 357 g/mol. The van der Waals surface area contributed by atoms with E-state index in [2.05, 4.69) is 30.2 Å². The molecule has 1 saturated heterocycles. The molecule has 3 heterocycles.